The molecule has 136 valence electrons. The smallest absolute Gasteiger partial charge is 0.182 e. The molecule has 6 heteroatoms. The van der Waals surface area contributed by atoms with E-state index in [0.717, 1.165) is 5.69 Å². The molecule has 0 aliphatic heterocycles. The summed E-state index contributed by atoms with van der Waals surface area (Å²) in [7, 11) is 0. The molecule has 0 saturated heterocycles. The molecule has 0 atom stereocenters. The van der Waals surface area contributed by atoms with E-state index < -0.39 is 0 Å². The molecule has 0 aliphatic rings. The Balaban J connectivity index is 1.93. The van der Waals surface area contributed by atoms with Gasteiger partial charge in [0, 0.05) is 28.6 Å². The number of carbonyl (C=O) groups excluding carboxylic acids is 1. The number of aromatic nitrogens is 3. The van der Waals surface area contributed by atoms with E-state index in [9.17, 15) is 15.2 Å². The zero-order valence-corrected chi connectivity index (χ0v) is 15.1. The molecule has 2 aromatic heterocycles. The molecule has 28 heavy (non-hydrogen) atoms. The van der Waals surface area contributed by atoms with Crippen molar-refractivity contribution in [2.75, 3.05) is 0 Å². The van der Waals surface area contributed by atoms with Gasteiger partial charge in [-0.15, -0.1) is 0 Å². The van der Waals surface area contributed by atoms with Gasteiger partial charge >= 0.3 is 0 Å². The average molecular weight is 368 g/mol. The lowest BCUT2D eigenvalue weighted by molar-refractivity contribution is 0.0993. The predicted octanol–water partition coefficient (Wildman–Crippen LogP) is 3.94. The Morgan fingerprint density at radius 3 is 2.54 bits per heavy atom. The normalized spacial score (nSPS) is 10.7. The predicted molar refractivity (Wildman–Crippen MR) is 105 cm³/mol. The van der Waals surface area contributed by atoms with Crippen LogP contribution >= 0.6 is 0 Å². The van der Waals surface area contributed by atoms with Gasteiger partial charge in [0.1, 0.15) is 11.8 Å². The van der Waals surface area contributed by atoms with E-state index in [-0.39, 0.29) is 18.0 Å². The van der Waals surface area contributed by atoms with Gasteiger partial charge in [0.05, 0.1) is 11.3 Å². The number of benzene rings is 2. The van der Waals surface area contributed by atoms with Crippen LogP contribution in [0.1, 0.15) is 27.2 Å². The lowest BCUT2D eigenvalue weighted by Crippen LogP contribution is -2.08. The third-order valence-electron chi connectivity index (χ3n) is 4.67. The number of nitrogens with zero attached hydrogens (tertiary/aromatic N) is 3. The van der Waals surface area contributed by atoms with Crippen LogP contribution in [-0.4, -0.2) is 26.1 Å². The number of carbonyl (C=O) groups is 1. The molecule has 0 fully saturated rings. The minimum Gasteiger partial charge on any atom is -0.508 e. The maximum Gasteiger partial charge on any atom is 0.182 e. The molecule has 0 saturated carbocycles. The Morgan fingerprint density at radius 2 is 1.86 bits per heavy atom. The minimum absolute atomic E-state index is 0.0668. The van der Waals surface area contributed by atoms with Crippen molar-refractivity contribution in [3.05, 3.63) is 77.0 Å². The number of aromatic hydroxyl groups is 1. The molecule has 4 rings (SSSR count). The molecule has 6 nitrogen and oxygen atoms in total. The number of aromatic amines is 1. The molecule has 4 aromatic rings. The van der Waals surface area contributed by atoms with E-state index in [4.69, 9.17) is 0 Å². The Bertz CT molecular complexity index is 1220. The van der Waals surface area contributed by atoms with Crippen LogP contribution < -0.4 is 0 Å². The standard InChI is InChI=1S/C22H16N4O2/c1-13-20-17(11-19(28)14-5-3-2-4-6-14)18(12-23)21(24-22(20)26-25-13)15-7-9-16(27)10-8-15/h2-10,27H,11H2,1H3,(H,24,25,26). The summed E-state index contributed by atoms with van der Waals surface area (Å²) in [5, 5.41) is 27.3. The second-order valence-corrected chi connectivity index (χ2v) is 6.49. The monoisotopic (exact) mass is 368 g/mol. The number of nitriles is 1. The third-order valence-corrected chi connectivity index (χ3v) is 4.67. The summed E-state index contributed by atoms with van der Waals surface area (Å²) < 4.78 is 0. The number of phenolic OH excluding ortho intramolecular Hbond substituents is 1. The largest absolute Gasteiger partial charge is 0.508 e. The SMILES string of the molecule is Cc1[nH]nc2nc(-c3ccc(O)cc3)c(C#N)c(CC(=O)c3ccccc3)c12. The number of ketones is 1. The van der Waals surface area contributed by atoms with Gasteiger partial charge in [-0.3, -0.25) is 9.89 Å². The highest BCUT2D eigenvalue weighted by atomic mass is 16.3. The van der Waals surface area contributed by atoms with E-state index in [1.54, 1.807) is 24.3 Å². The van der Waals surface area contributed by atoms with Crippen molar-refractivity contribution in [3.8, 4) is 23.1 Å². The number of H-pyrrole nitrogens is 1. The van der Waals surface area contributed by atoms with E-state index in [1.165, 1.54) is 12.1 Å². The molecule has 0 unspecified atom stereocenters. The molecule has 0 aliphatic carbocycles. The van der Waals surface area contributed by atoms with Gasteiger partial charge in [-0.1, -0.05) is 30.3 Å². The summed E-state index contributed by atoms with van der Waals surface area (Å²) in [4.78, 5) is 17.4. The molecule has 0 bridgehead atoms. The van der Waals surface area contributed by atoms with Crippen molar-refractivity contribution in [3.63, 3.8) is 0 Å². The Morgan fingerprint density at radius 1 is 1.14 bits per heavy atom. The van der Waals surface area contributed by atoms with Crippen LogP contribution in [0.2, 0.25) is 0 Å². The number of hydrogen-bond donors (Lipinski definition) is 2. The van der Waals surface area contributed by atoms with Gasteiger partial charge in [0.2, 0.25) is 0 Å². The first-order valence-electron chi connectivity index (χ1n) is 8.73. The number of rotatable bonds is 4. The van der Waals surface area contributed by atoms with Crippen molar-refractivity contribution < 1.29 is 9.90 Å². The van der Waals surface area contributed by atoms with Crippen molar-refractivity contribution >= 4 is 16.8 Å². The lowest BCUT2D eigenvalue weighted by atomic mass is 9.93. The highest BCUT2D eigenvalue weighted by molar-refractivity contribution is 6.01. The minimum atomic E-state index is -0.0816. The second-order valence-electron chi connectivity index (χ2n) is 6.49. The van der Waals surface area contributed by atoms with Crippen molar-refractivity contribution in [2.45, 2.75) is 13.3 Å². The molecule has 0 amide bonds. The van der Waals surface area contributed by atoms with E-state index in [2.05, 4.69) is 21.3 Å². The Kier molecular flexibility index (Phi) is 4.34. The summed E-state index contributed by atoms with van der Waals surface area (Å²) in [5.74, 6) is 0.0419. The van der Waals surface area contributed by atoms with Gasteiger partial charge in [0.25, 0.3) is 0 Å². The van der Waals surface area contributed by atoms with Crippen LogP contribution in [0.25, 0.3) is 22.3 Å². The fraction of sp³-hybridized carbons (Fsp3) is 0.0909. The first kappa shape index (κ1) is 17.4. The molecule has 0 radical (unpaired) electrons. The van der Waals surface area contributed by atoms with Crippen LogP contribution in [0.3, 0.4) is 0 Å². The number of aryl methyl sites for hydroxylation is 1. The van der Waals surface area contributed by atoms with E-state index >= 15 is 0 Å². The first-order chi connectivity index (χ1) is 13.6. The summed E-state index contributed by atoms with van der Waals surface area (Å²) in [5.41, 5.74) is 3.86. The lowest BCUT2D eigenvalue weighted by Gasteiger charge is -2.11. The summed E-state index contributed by atoms with van der Waals surface area (Å²) in [6.45, 7) is 1.84. The molecular weight excluding hydrogens is 352 g/mol. The average Bonchev–Trinajstić information content (AvgIpc) is 3.09. The maximum absolute atomic E-state index is 12.9. The highest BCUT2D eigenvalue weighted by Gasteiger charge is 2.22. The van der Waals surface area contributed by atoms with Gasteiger partial charge < -0.3 is 5.11 Å². The second kappa shape index (κ2) is 6.97. The summed E-state index contributed by atoms with van der Waals surface area (Å²) in [6, 6.07) is 17.7. The van der Waals surface area contributed by atoms with Crippen LogP contribution in [0.5, 0.6) is 5.75 Å². The van der Waals surface area contributed by atoms with E-state index in [0.29, 0.717) is 39.0 Å². The van der Waals surface area contributed by atoms with Gasteiger partial charge in [0.15, 0.2) is 11.4 Å². The first-order valence-corrected chi connectivity index (χ1v) is 8.73. The quantitative estimate of drug-likeness (QED) is 0.531. The number of phenols is 1. The highest BCUT2D eigenvalue weighted by Crippen LogP contribution is 2.32. The maximum atomic E-state index is 12.9. The molecule has 0 spiro atoms. The number of fused-ring (bicyclic) bond motifs is 1. The van der Waals surface area contributed by atoms with Crippen molar-refractivity contribution in [1.29, 1.82) is 5.26 Å². The zero-order valence-electron chi connectivity index (χ0n) is 15.1. The van der Waals surface area contributed by atoms with Gasteiger partial charge in [-0.2, -0.15) is 10.4 Å². The summed E-state index contributed by atoms with van der Waals surface area (Å²) in [6.07, 6.45) is 0.0668. The molecule has 2 N–H and O–H groups in total. The Hall–Kier alpha value is -3.98. The van der Waals surface area contributed by atoms with Crippen LogP contribution in [0.4, 0.5) is 0 Å². The third kappa shape index (κ3) is 2.99. The Labute approximate surface area is 161 Å². The molecular formula is C22H16N4O2. The van der Waals surface area contributed by atoms with Gasteiger partial charge in [-0.25, -0.2) is 4.98 Å². The number of pyridine rings is 1. The molecule has 2 heterocycles. The summed E-state index contributed by atoms with van der Waals surface area (Å²) >= 11 is 0. The van der Waals surface area contributed by atoms with Crippen molar-refractivity contribution in [1.82, 2.24) is 15.2 Å². The number of Topliss-reactive ketones (excluding diaryl/α,β-unsaturated/α-hetero) is 1. The fourth-order valence-electron chi connectivity index (χ4n) is 3.30. The van der Waals surface area contributed by atoms with Crippen LogP contribution in [0.15, 0.2) is 54.6 Å². The fourth-order valence-corrected chi connectivity index (χ4v) is 3.30. The number of nitrogens with one attached hydrogen (secondary N) is 1. The van der Waals surface area contributed by atoms with Crippen LogP contribution in [-0.2, 0) is 6.42 Å². The number of hydrogen-bond acceptors (Lipinski definition) is 5. The topological polar surface area (TPSA) is 103 Å². The van der Waals surface area contributed by atoms with E-state index in [1.807, 2.05) is 25.1 Å². The zero-order chi connectivity index (χ0) is 19.7. The van der Waals surface area contributed by atoms with Crippen molar-refractivity contribution in [2.24, 2.45) is 0 Å². The van der Waals surface area contributed by atoms with Gasteiger partial charge in [-0.05, 0) is 36.8 Å². The van der Waals surface area contributed by atoms with Crippen LogP contribution in [0, 0.1) is 18.3 Å². The molecule has 2 aromatic carbocycles.